The van der Waals surface area contributed by atoms with Crippen LogP contribution in [-0.4, -0.2) is 16.7 Å². The Morgan fingerprint density at radius 1 is 1.47 bits per heavy atom. The summed E-state index contributed by atoms with van der Waals surface area (Å²) in [5.41, 5.74) is 1.67. The van der Waals surface area contributed by atoms with Crippen LogP contribution in [0.1, 0.15) is 35.5 Å². The van der Waals surface area contributed by atoms with E-state index < -0.39 is 6.10 Å². The van der Waals surface area contributed by atoms with Crippen LogP contribution >= 0.6 is 22.9 Å². The standard InChI is InChI=1S/C14H16ClNO2S/c1-3-4-18-11-5-10(6-16-7-11)13(17)14-12(15)9(2)8-19-14/h5-8,13,17H,3-4H2,1-2H3. The molecule has 0 aliphatic carbocycles. The lowest BCUT2D eigenvalue weighted by molar-refractivity contribution is 0.222. The monoisotopic (exact) mass is 297 g/mol. The zero-order chi connectivity index (χ0) is 13.8. The second kappa shape index (κ2) is 6.37. The van der Waals surface area contributed by atoms with E-state index in [1.54, 1.807) is 18.5 Å². The van der Waals surface area contributed by atoms with Gasteiger partial charge in [-0.1, -0.05) is 18.5 Å². The molecule has 5 heteroatoms. The number of pyridine rings is 1. The second-order valence-corrected chi connectivity index (χ2v) is 5.59. The number of hydrogen-bond acceptors (Lipinski definition) is 4. The molecule has 0 radical (unpaired) electrons. The van der Waals surface area contributed by atoms with Crippen molar-refractivity contribution in [1.82, 2.24) is 4.98 Å². The number of aliphatic hydroxyl groups is 1. The molecule has 2 aromatic heterocycles. The average Bonchev–Trinajstić information content (AvgIpc) is 2.76. The van der Waals surface area contributed by atoms with Crippen molar-refractivity contribution in [2.75, 3.05) is 6.61 Å². The third-order valence-corrected chi connectivity index (χ3v) is 4.46. The molecule has 0 aliphatic heterocycles. The number of ether oxygens (including phenoxy) is 1. The molecule has 1 atom stereocenters. The first kappa shape index (κ1) is 14.3. The van der Waals surface area contributed by atoms with E-state index in [0.29, 0.717) is 22.9 Å². The van der Waals surface area contributed by atoms with Crippen LogP contribution in [0.5, 0.6) is 5.75 Å². The van der Waals surface area contributed by atoms with E-state index in [9.17, 15) is 5.11 Å². The number of aryl methyl sites for hydroxylation is 1. The molecule has 0 fully saturated rings. The third-order valence-electron chi connectivity index (χ3n) is 2.70. The fraction of sp³-hybridized carbons (Fsp3) is 0.357. The van der Waals surface area contributed by atoms with Crippen LogP contribution in [0.3, 0.4) is 0 Å². The van der Waals surface area contributed by atoms with Crippen LogP contribution in [0.2, 0.25) is 5.02 Å². The van der Waals surface area contributed by atoms with Gasteiger partial charge in [-0.05, 0) is 30.4 Å². The van der Waals surface area contributed by atoms with Gasteiger partial charge in [0.2, 0.25) is 0 Å². The smallest absolute Gasteiger partial charge is 0.137 e. The highest BCUT2D eigenvalue weighted by atomic mass is 35.5. The van der Waals surface area contributed by atoms with Crippen LogP contribution < -0.4 is 4.74 Å². The maximum atomic E-state index is 10.4. The molecular formula is C14H16ClNO2S. The number of aromatic nitrogens is 1. The van der Waals surface area contributed by atoms with Crippen molar-refractivity contribution in [3.63, 3.8) is 0 Å². The molecule has 0 bridgehead atoms. The summed E-state index contributed by atoms with van der Waals surface area (Å²) < 4.78 is 5.51. The van der Waals surface area contributed by atoms with Gasteiger partial charge in [-0.2, -0.15) is 0 Å². The van der Waals surface area contributed by atoms with Crippen molar-refractivity contribution in [3.8, 4) is 5.75 Å². The van der Waals surface area contributed by atoms with Gasteiger partial charge in [0.05, 0.1) is 22.7 Å². The van der Waals surface area contributed by atoms with E-state index in [-0.39, 0.29) is 0 Å². The summed E-state index contributed by atoms with van der Waals surface area (Å²) in [5, 5.41) is 12.9. The predicted octanol–water partition coefficient (Wildman–Crippen LogP) is 3.98. The first-order valence-electron chi connectivity index (χ1n) is 6.12. The number of halogens is 1. The molecule has 2 aromatic rings. The van der Waals surface area contributed by atoms with Gasteiger partial charge >= 0.3 is 0 Å². The van der Waals surface area contributed by atoms with Gasteiger partial charge in [-0.3, -0.25) is 4.98 Å². The Morgan fingerprint density at radius 2 is 2.26 bits per heavy atom. The summed E-state index contributed by atoms with van der Waals surface area (Å²) in [5.74, 6) is 0.669. The van der Waals surface area contributed by atoms with Crippen molar-refractivity contribution in [2.24, 2.45) is 0 Å². The Morgan fingerprint density at radius 3 is 2.89 bits per heavy atom. The molecule has 0 amide bonds. The Hall–Kier alpha value is -1.10. The number of thiophene rings is 1. The van der Waals surface area contributed by atoms with E-state index >= 15 is 0 Å². The number of rotatable bonds is 5. The Bertz CT molecular complexity index is 556. The molecule has 2 rings (SSSR count). The van der Waals surface area contributed by atoms with Crippen molar-refractivity contribution >= 4 is 22.9 Å². The SMILES string of the molecule is CCCOc1cncc(C(O)c2scc(C)c2Cl)c1. The zero-order valence-corrected chi connectivity index (χ0v) is 12.5. The van der Waals surface area contributed by atoms with E-state index in [1.807, 2.05) is 19.2 Å². The highest BCUT2D eigenvalue weighted by Crippen LogP contribution is 2.36. The maximum Gasteiger partial charge on any atom is 0.137 e. The van der Waals surface area contributed by atoms with Gasteiger partial charge in [0.1, 0.15) is 11.9 Å². The molecule has 1 N–H and O–H groups in total. The number of aliphatic hydroxyl groups excluding tert-OH is 1. The van der Waals surface area contributed by atoms with Gasteiger partial charge in [0, 0.05) is 11.8 Å². The predicted molar refractivity (Wildman–Crippen MR) is 78.2 cm³/mol. The van der Waals surface area contributed by atoms with E-state index in [0.717, 1.165) is 16.9 Å². The highest BCUT2D eigenvalue weighted by Gasteiger charge is 2.18. The summed E-state index contributed by atoms with van der Waals surface area (Å²) in [6.07, 6.45) is 3.45. The summed E-state index contributed by atoms with van der Waals surface area (Å²) in [4.78, 5) is 4.84. The zero-order valence-electron chi connectivity index (χ0n) is 10.9. The van der Waals surface area contributed by atoms with Crippen molar-refractivity contribution in [2.45, 2.75) is 26.4 Å². The minimum atomic E-state index is -0.760. The van der Waals surface area contributed by atoms with Crippen LogP contribution in [0.15, 0.2) is 23.8 Å². The van der Waals surface area contributed by atoms with Gasteiger partial charge in [0.25, 0.3) is 0 Å². The van der Waals surface area contributed by atoms with Gasteiger partial charge in [0.15, 0.2) is 0 Å². The second-order valence-electron chi connectivity index (χ2n) is 4.30. The van der Waals surface area contributed by atoms with E-state index in [2.05, 4.69) is 4.98 Å². The molecule has 0 aliphatic rings. The minimum Gasteiger partial charge on any atom is -0.492 e. The summed E-state index contributed by atoms with van der Waals surface area (Å²) in [7, 11) is 0. The lowest BCUT2D eigenvalue weighted by Crippen LogP contribution is -2.01. The highest BCUT2D eigenvalue weighted by molar-refractivity contribution is 7.10. The van der Waals surface area contributed by atoms with Gasteiger partial charge in [-0.15, -0.1) is 11.3 Å². The molecule has 102 valence electrons. The number of nitrogens with zero attached hydrogens (tertiary/aromatic N) is 1. The van der Waals surface area contributed by atoms with Crippen LogP contribution in [0.25, 0.3) is 0 Å². The lowest BCUT2D eigenvalue weighted by Gasteiger charge is -2.11. The normalized spacial score (nSPS) is 12.4. The lowest BCUT2D eigenvalue weighted by atomic mass is 10.1. The largest absolute Gasteiger partial charge is 0.492 e. The fourth-order valence-electron chi connectivity index (χ4n) is 1.67. The molecule has 0 spiro atoms. The number of hydrogen-bond donors (Lipinski definition) is 1. The molecule has 1 unspecified atom stereocenters. The molecule has 19 heavy (non-hydrogen) atoms. The van der Waals surface area contributed by atoms with E-state index in [4.69, 9.17) is 16.3 Å². The maximum absolute atomic E-state index is 10.4. The first-order valence-corrected chi connectivity index (χ1v) is 7.38. The molecular weight excluding hydrogens is 282 g/mol. The summed E-state index contributed by atoms with van der Waals surface area (Å²) in [6, 6.07) is 1.80. The van der Waals surface area contributed by atoms with Crippen LogP contribution in [0.4, 0.5) is 0 Å². The topological polar surface area (TPSA) is 42.4 Å². The molecule has 3 nitrogen and oxygen atoms in total. The van der Waals surface area contributed by atoms with Gasteiger partial charge in [-0.25, -0.2) is 0 Å². The Balaban J connectivity index is 2.23. The minimum absolute atomic E-state index is 0.623. The fourth-order valence-corrected chi connectivity index (χ4v) is 2.98. The molecule has 0 saturated carbocycles. The summed E-state index contributed by atoms with van der Waals surface area (Å²) >= 11 is 7.63. The third kappa shape index (κ3) is 3.26. The van der Waals surface area contributed by atoms with Crippen molar-refractivity contribution in [3.05, 3.63) is 44.9 Å². The Labute approximate surface area is 121 Å². The summed E-state index contributed by atoms with van der Waals surface area (Å²) in [6.45, 7) is 4.61. The van der Waals surface area contributed by atoms with Crippen LogP contribution in [0, 0.1) is 6.92 Å². The first-order chi connectivity index (χ1) is 9.13. The molecule has 0 saturated heterocycles. The molecule has 0 aromatic carbocycles. The Kier molecular flexibility index (Phi) is 4.80. The van der Waals surface area contributed by atoms with Crippen molar-refractivity contribution in [1.29, 1.82) is 0 Å². The quantitative estimate of drug-likeness (QED) is 0.908. The molecule has 2 heterocycles. The van der Waals surface area contributed by atoms with Crippen LogP contribution in [-0.2, 0) is 0 Å². The average molecular weight is 298 g/mol. The van der Waals surface area contributed by atoms with Crippen molar-refractivity contribution < 1.29 is 9.84 Å². The van der Waals surface area contributed by atoms with E-state index in [1.165, 1.54) is 11.3 Å². The van der Waals surface area contributed by atoms with Gasteiger partial charge < -0.3 is 9.84 Å².